The maximum absolute atomic E-state index is 12.0. The van der Waals surface area contributed by atoms with Gasteiger partial charge < -0.3 is 9.64 Å². The first-order valence-electron chi connectivity index (χ1n) is 5.61. The Morgan fingerprint density at radius 3 is 2.80 bits per heavy atom. The number of rotatable bonds is 2. The number of carbonyl (C=O) groups excluding carboxylic acids is 1. The summed E-state index contributed by atoms with van der Waals surface area (Å²) in [5.41, 5.74) is 0. The van der Waals surface area contributed by atoms with Gasteiger partial charge in [-0.15, -0.1) is 0 Å². The van der Waals surface area contributed by atoms with Crippen LogP contribution < -0.4 is 0 Å². The fourth-order valence-electron chi connectivity index (χ4n) is 1.67. The van der Waals surface area contributed by atoms with E-state index in [9.17, 15) is 4.79 Å². The lowest BCUT2D eigenvalue weighted by Crippen LogP contribution is -2.42. The van der Waals surface area contributed by atoms with Crippen LogP contribution in [0.5, 0.6) is 0 Å². The van der Waals surface area contributed by atoms with Crippen LogP contribution >= 0.6 is 12.6 Å². The van der Waals surface area contributed by atoms with Crippen LogP contribution in [0.2, 0.25) is 0 Å². The highest BCUT2D eigenvalue weighted by atomic mass is 32.1. The van der Waals surface area contributed by atoms with Gasteiger partial charge in [0, 0.05) is 19.7 Å². The summed E-state index contributed by atoms with van der Waals surface area (Å²) in [5.74, 6) is 0.422. The number of amides is 1. The normalized spacial score (nSPS) is 25.1. The Morgan fingerprint density at radius 2 is 2.20 bits per heavy atom. The van der Waals surface area contributed by atoms with E-state index in [0.717, 1.165) is 19.6 Å². The monoisotopic (exact) mass is 231 g/mol. The van der Waals surface area contributed by atoms with E-state index in [1.165, 1.54) is 0 Å². The van der Waals surface area contributed by atoms with E-state index >= 15 is 0 Å². The summed E-state index contributed by atoms with van der Waals surface area (Å²) in [7, 11) is 0. The first-order valence-corrected chi connectivity index (χ1v) is 6.12. The molecule has 3 nitrogen and oxygen atoms in total. The topological polar surface area (TPSA) is 29.5 Å². The van der Waals surface area contributed by atoms with Gasteiger partial charge in [-0.25, -0.2) is 0 Å². The van der Waals surface area contributed by atoms with Crippen molar-refractivity contribution in [2.45, 2.75) is 38.5 Å². The first-order chi connectivity index (χ1) is 7.02. The highest BCUT2D eigenvalue weighted by molar-refractivity contribution is 7.81. The van der Waals surface area contributed by atoms with Crippen molar-refractivity contribution in [3.8, 4) is 0 Å². The largest absolute Gasteiger partial charge is 0.377 e. The molecule has 4 heteroatoms. The summed E-state index contributed by atoms with van der Waals surface area (Å²) in [6.07, 6.45) is 1.07. The second-order valence-corrected chi connectivity index (χ2v) is 5.06. The van der Waals surface area contributed by atoms with E-state index in [0.29, 0.717) is 6.54 Å². The summed E-state index contributed by atoms with van der Waals surface area (Å²) in [6.45, 7) is 8.30. The number of thiol groups is 1. The van der Waals surface area contributed by atoms with E-state index in [2.05, 4.69) is 12.6 Å². The molecule has 1 rings (SSSR count). The fourth-order valence-corrected chi connectivity index (χ4v) is 1.83. The van der Waals surface area contributed by atoms with Crippen molar-refractivity contribution in [1.82, 2.24) is 4.90 Å². The van der Waals surface area contributed by atoms with Crippen molar-refractivity contribution in [3.63, 3.8) is 0 Å². The lowest BCUT2D eigenvalue weighted by atomic mass is 10.1. The molecule has 0 aliphatic carbocycles. The predicted octanol–water partition coefficient (Wildman–Crippen LogP) is 1.58. The van der Waals surface area contributed by atoms with Crippen molar-refractivity contribution in [3.05, 3.63) is 0 Å². The molecule has 0 spiro atoms. The van der Waals surface area contributed by atoms with E-state index < -0.39 is 0 Å². The molecule has 0 saturated carbocycles. The minimum absolute atomic E-state index is 0.143. The number of ether oxygens (including phenoxy) is 1. The number of hydrogen-bond donors (Lipinski definition) is 1. The quantitative estimate of drug-likeness (QED) is 0.731. The third kappa shape index (κ3) is 3.68. The van der Waals surface area contributed by atoms with Crippen LogP contribution in [-0.2, 0) is 9.53 Å². The SMILES string of the molecule is CC1CN(C(=O)C(S)C(C)C)CCCO1. The highest BCUT2D eigenvalue weighted by Gasteiger charge is 2.26. The van der Waals surface area contributed by atoms with E-state index in [-0.39, 0.29) is 23.2 Å². The zero-order chi connectivity index (χ0) is 11.4. The third-order valence-electron chi connectivity index (χ3n) is 2.65. The average Bonchev–Trinajstić information content (AvgIpc) is 2.40. The van der Waals surface area contributed by atoms with Gasteiger partial charge in [-0.05, 0) is 19.3 Å². The van der Waals surface area contributed by atoms with Crippen LogP contribution in [0.25, 0.3) is 0 Å². The molecule has 1 fully saturated rings. The lowest BCUT2D eigenvalue weighted by molar-refractivity contribution is -0.131. The molecule has 0 radical (unpaired) electrons. The van der Waals surface area contributed by atoms with Crippen LogP contribution in [0.1, 0.15) is 27.2 Å². The molecule has 0 aromatic carbocycles. The van der Waals surface area contributed by atoms with E-state index in [4.69, 9.17) is 4.74 Å². The molecule has 0 aromatic heterocycles. The highest BCUT2D eigenvalue weighted by Crippen LogP contribution is 2.15. The van der Waals surface area contributed by atoms with Gasteiger partial charge >= 0.3 is 0 Å². The van der Waals surface area contributed by atoms with Gasteiger partial charge in [-0.3, -0.25) is 4.79 Å². The zero-order valence-corrected chi connectivity index (χ0v) is 10.7. The number of carbonyl (C=O) groups is 1. The van der Waals surface area contributed by atoms with Crippen LogP contribution in [-0.4, -0.2) is 41.9 Å². The minimum Gasteiger partial charge on any atom is -0.377 e. The van der Waals surface area contributed by atoms with Crippen LogP contribution in [0, 0.1) is 5.92 Å². The molecule has 0 bridgehead atoms. The van der Waals surface area contributed by atoms with E-state index in [1.54, 1.807) is 0 Å². The van der Waals surface area contributed by atoms with Crippen molar-refractivity contribution in [2.75, 3.05) is 19.7 Å². The van der Waals surface area contributed by atoms with Gasteiger partial charge in [0.15, 0.2) is 0 Å². The number of hydrogen-bond acceptors (Lipinski definition) is 3. The summed E-state index contributed by atoms with van der Waals surface area (Å²) in [5, 5.41) is -0.185. The Kier molecular flexibility index (Phi) is 4.93. The molecule has 2 unspecified atom stereocenters. The number of nitrogens with zero attached hydrogens (tertiary/aromatic N) is 1. The average molecular weight is 231 g/mol. The second kappa shape index (κ2) is 5.75. The molecule has 1 amide bonds. The molecular formula is C11H21NO2S. The Bertz CT molecular complexity index is 221. The minimum atomic E-state index is -0.185. The van der Waals surface area contributed by atoms with Crippen LogP contribution in [0.4, 0.5) is 0 Å². The maximum Gasteiger partial charge on any atom is 0.235 e. The molecule has 0 aromatic rings. The predicted molar refractivity (Wildman–Crippen MR) is 64.2 cm³/mol. The Labute approximate surface area is 97.6 Å². The molecule has 1 aliphatic heterocycles. The second-order valence-electron chi connectivity index (χ2n) is 4.51. The fraction of sp³-hybridized carbons (Fsp3) is 0.909. The third-order valence-corrected chi connectivity index (χ3v) is 3.47. The van der Waals surface area contributed by atoms with Crippen molar-refractivity contribution in [2.24, 2.45) is 5.92 Å². The summed E-state index contributed by atoms with van der Waals surface area (Å²) in [4.78, 5) is 13.9. The van der Waals surface area contributed by atoms with Crippen molar-refractivity contribution < 1.29 is 9.53 Å². The van der Waals surface area contributed by atoms with E-state index in [1.807, 2.05) is 25.7 Å². The van der Waals surface area contributed by atoms with Crippen molar-refractivity contribution in [1.29, 1.82) is 0 Å². The summed E-state index contributed by atoms with van der Waals surface area (Å²) >= 11 is 4.36. The van der Waals surface area contributed by atoms with Crippen molar-refractivity contribution >= 4 is 18.5 Å². The maximum atomic E-state index is 12.0. The van der Waals surface area contributed by atoms with Gasteiger partial charge in [0.2, 0.25) is 5.91 Å². The zero-order valence-electron chi connectivity index (χ0n) is 9.77. The van der Waals surface area contributed by atoms with Crippen LogP contribution in [0.3, 0.4) is 0 Å². The molecule has 1 heterocycles. The smallest absolute Gasteiger partial charge is 0.235 e. The van der Waals surface area contributed by atoms with Gasteiger partial charge in [-0.2, -0.15) is 12.6 Å². The molecule has 15 heavy (non-hydrogen) atoms. The molecule has 1 aliphatic rings. The molecular weight excluding hydrogens is 210 g/mol. The van der Waals surface area contributed by atoms with Gasteiger partial charge in [0.1, 0.15) is 0 Å². The standard InChI is InChI=1S/C11H21NO2S/c1-8(2)10(15)11(13)12-5-4-6-14-9(3)7-12/h8-10,15H,4-7H2,1-3H3. The first kappa shape index (κ1) is 12.8. The molecule has 2 atom stereocenters. The summed E-state index contributed by atoms with van der Waals surface area (Å²) in [6, 6.07) is 0. The molecule has 1 saturated heterocycles. The lowest BCUT2D eigenvalue weighted by Gasteiger charge is -2.26. The van der Waals surface area contributed by atoms with Gasteiger partial charge in [-0.1, -0.05) is 13.8 Å². The van der Waals surface area contributed by atoms with Gasteiger partial charge in [0.05, 0.1) is 11.4 Å². The Hall–Kier alpha value is -0.220. The molecule has 88 valence electrons. The molecule has 0 N–H and O–H groups in total. The van der Waals surface area contributed by atoms with Gasteiger partial charge in [0.25, 0.3) is 0 Å². The Balaban J connectivity index is 2.57. The van der Waals surface area contributed by atoms with Crippen LogP contribution in [0.15, 0.2) is 0 Å². The summed E-state index contributed by atoms with van der Waals surface area (Å²) < 4.78 is 5.50. The Morgan fingerprint density at radius 1 is 1.53 bits per heavy atom.